The van der Waals surface area contributed by atoms with Gasteiger partial charge in [0.2, 0.25) is 5.91 Å². The van der Waals surface area contributed by atoms with Crippen molar-refractivity contribution in [2.24, 2.45) is 5.41 Å². The quantitative estimate of drug-likeness (QED) is 0.737. The van der Waals surface area contributed by atoms with E-state index in [9.17, 15) is 4.79 Å². The molecule has 0 heterocycles. The maximum atomic E-state index is 13.3. The fourth-order valence-corrected chi connectivity index (χ4v) is 4.07. The van der Waals surface area contributed by atoms with E-state index in [0.29, 0.717) is 6.54 Å². The Morgan fingerprint density at radius 3 is 1.57 bits per heavy atom. The minimum Gasteiger partial charge on any atom is -0.354 e. The first kappa shape index (κ1) is 22.2. The molecule has 1 N–H and O–H groups in total. The summed E-state index contributed by atoms with van der Waals surface area (Å²) in [6.07, 6.45) is 1.46. The first-order valence-corrected chi connectivity index (χ1v) is 10.1. The van der Waals surface area contributed by atoms with Gasteiger partial charge < -0.3 is 10.2 Å². The van der Waals surface area contributed by atoms with E-state index in [1.54, 1.807) is 0 Å². The molecule has 3 heteroatoms. The summed E-state index contributed by atoms with van der Waals surface area (Å²) < 4.78 is 0. The van der Waals surface area contributed by atoms with E-state index in [2.05, 4.69) is 81.2 Å². The summed E-state index contributed by atoms with van der Waals surface area (Å²) in [4.78, 5) is 15.4. The van der Waals surface area contributed by atoms with Crippen molar-refractivity contribution < 1.29 is 4.79 Å². The highest BCUT2D eigenvalue weighted by Gasteiger charge is 2.33. The van der Waals surface area contributed by atoms with Gasteiger partial charge in [-0.15, -0.1) is 0 Å². The van der Waals surface area contributed by atoms with Gasteiger partial charge >= 0.3 is 0 Å². The lowest BCUT2D eigenvalue weighted by Gasteiger charge is -2.30. The smallest absolute Gasteiger partial charge is 0.226 e. The van der Waals surface area contributed by atoms with Crippen LogP contribution >= 0.6 is 0 Å². The number of hydrogen-bond acceptors (Lipinski definition) is 2. The van der Waals surface area contributed by atoms with Crippen LogP contribution in [0.25, 0.3) is 0 Å². The Morgan fingerprint density at radius 1 is 0.821 bits per heavy atom. The summed E-state index contributed by atoms with van der Waals surface area (Å²) in [6, 6.07) is 13.2. The van der Waals surface area contributed by atoms with Crippen LogP contribution in [-0.2, 0) is 17.6 Å². The molecule has 0 radical (unpaired) electrons. The van der Waals surface area contributed by atoms with Crippen LogP contribution < -0.4 is 5.32 Å². The molecule has 0 aliphatic heterocycles. The zero-order valence-corrected chi connectivity index (χ0v) is 18.6. The van der Waals surface area contributed by atoms with Crippen molar-refractivity contribution >= 4 is 5.91 Å². The molecule has 1 amide bonds. The summed E-state index contributed by atoms with van der Waals surface area (Å²) >= 11 is 0. The first-order valence-electron chi connectivity index (χ1n) is 10.1. The van der Waals surface area contributed by atoms with Gasteiger partial charge in [0.25, 0.3) is 0 Å². The van der Waals surface area contributed by atoms with Gasteiger partial charge in [-0.25, -0.2) is 0 Å². The fraction of sp³-hybridized carbons (Fsp3) is 0.480. The predicted molar refractivity (Wildman–Crippen MR) is 119 cm³/mol. The van der Waals surface area contributed by atoms with E-state index < -0.39 is 5.41 Å². The van der Waals surface area contributed by atoms with Gasteiger partial charge in [-0.2, -0.15) is 0 Å². The minimum atomic E-state index is -0.493. The van der Waals surface area contributed by atoms with E-state index in [4.69, 9.17) is 0 Å². The summed E-state index contributed by atoms with van der Waals surface area (Å²) in [5, 5.41) is 3.17. The second-order valence-electron chi connectivity index (χ2n) is 8.97. The number of carbonyl (C=O) groups is 1. The number of aryl methyl sites for hydroxylation is 4. The van der Waals surface area contributed by atoms with Crippen molar-refractivity contribution in [3.63, 3.8) is 0 Å². The maximum absolute atomic E-state index is 13.3. The van der Waals surface area contributed by atoms with Crippen LogP contribution in [0.3, 0.4) is 0 Å². The highest BCUT2D eigenvalue weighted by atomic mass is 16.2. The summed E-state index contributed by atoms with van der Waals surface area (Å²) in [5.41, 5.74) is 6.95. The molecule has 0 unspecified atom stereocenters. The largest absolute Gasteiger partial charge is 0.354 e. The van der Waals surface area contributed by atoms with Gasteiger partial charge in [-0.3, -0.25) is 4.79 Å². The van der Waals surface area contributed by atoms with Gasteiger partial charge in [0.1, 0.15) is 0 Å². The van der Waals surface area contributed by atoms with Gasteiger partial charge in [0.15, 0.2) is 0 Å². The molecule has 2 aromatic carbocycles. The maximum Gasteiger partial charge on any atom is 0.226 e. The highest BCUT2D eigenvalue weighted by Crippen LogP contribution is 2.30. The van der Waals surface area contributed by atoms with E-state index in [-0.39, 0.29) is 5.91 Å². The van der Waals surface area contributed by atoms with Crippen LogP contribution in [-0.4, -0.2) is 38.0 Å². The van der Waals surface area contributed by atoms with Crippen LogP contribution in [0.15, 0.2) is 36.4 Å². The number of nitrogens with one attached hydrogen (secondary N) is 1. The molecule has 152 valence electrons. The lowest BCUT2D eigenvalue weighted by Crippen LogP contribution is -2.44. The lowest BCUT2D eigenvalue weighted by atomic mass is 9.76. The van der Waals surface area contributed by atoms with Crippen molar-refractivity contribution in [3.05, 3.63) is 69.8 Å². The number of amides is 1. The molecule has 0 aliphatic carbocycles. The Bertz CT molecular complexity index is 729. The van der Waals surface area contributed by atoms with Gasteiger partial charge in [-0.1, -0.05) is 65.6 Å². The molecule has 3 nitrogen and oxygen atoms in total. The van der Waals surface area contributed by atoms with E-state index in [1.807, 2.05) is 14.1 Å². The predicted octanol–water partition coefficient (Wildman–Crippen LogP) is 4.39. The van der Waals surface area contributed by atoms with Crippen molar-refractivity contribution in [2.75, 3.05) is 27.2 Å². The molecule has 0 atom stereocenters. The van der Waals surface area contributed by atoms with E-state index >= 15 is 0 Å². The van der Waals surface area contributed by atoms with Crippen LogP contribution in [0.4, 0.5) is 0 Å². The minimum absolute atomic E-state index is 0.132. The molecule has 0 bridgehead atoms. The topological polar surface area (TPSA) is 32.3 Å². The number of hydrogen-bond donors (Lipinski definition) is 1. The zero-order valence-electron chi connectivity index (χ0n) is 18.6. The fourth-order valence-electron chi connectivity index (χ4n) is 4.07. The number of likely N-dealkylation sites (N-methyl/N-ethyl adjacent to an activating group) is 1. The summed E-state index contributed by atoms with van der Waals surface area (Å²) in [6.45, 7) is 12.1. The van der Waals surface area contributed by atoms with Crippen molar-refractivity contribution in [1.29, 1.82) is 0 Å². The average Bonchev–Trinajstić information content (AvgIpc) is 2.51. The Hall–Kier alpha value is -2.13. The van der Waals surface area contributed by atoms with Crippen LogP contribution in [0.1, 0.15) is 40.3 Å². The number of nitrogens with zero attached hydrogens (tertiary/aromatic N) is 1. The van der Waals surface area contributed by atoms with E-state index in [0.717, 1.165) is 19.4 Å². The Balaban J connectivity index is 2.31. The molecule has 0 fully saturated rings. The third-order valence-electron chi connectivity index (χ3n) is 5.14. The van der Waals surface area contributed by atoms with E-state index in [1.165, 1.54) is 33.4 Å². The Morgan fingerprint density at radius 2 is 1.21 bits per heavy atom. The third kappa shape index (κ3) is 6.49. The standard InChI is InChI=1S/C25H36N2O/c1-18-10-19(2)13-22(12-18)16-25(5,24(28)26-8-9-27(6)7)17-23-14-20(3)11-21(4)15-23/h10-15H,8-9,16-17H2,1-7H3,(H,26,28). The third-order valence-corrected chi connectivity index (χ3v) is 5.14. The van der Waals surface area contributed by atoms with Gasteiger partial charge in [-0.05, 0) is 65.8 Å². The lowest BCUT2D eigenvalue weighted by molar-refractivity contribution is -0.130. The van der Waals surface area contributed by atoms with Gasteiger partial charge in [0.05, 0.1) is 5.41 Å². The normalized spacial score (nSPS) is 11.7. The van der Waals surface area contributed by atoms with Crippen LogP contribution in [0.2, 0.25) is 0 Å². The Kier molecular flexibility index (Phi) is 7.42. The average molecular weight is 381 g/mol. The van der Waals surface area contributed by atoms with Crippen molar-refractivity contribution in [2.45, 2.75) is 47.5 Å². The highest BCUT2D eigenvalue weighted by molar-refractivity contribution is 5.83. The SMILES string of the molecule is Cc1cc(C)cc(CC(C)(Cc2cc(C)cc(C)c2)C(=O)NCCN(C)C)c1. The molecular weight excluding hydrogens is 344 g/mol. The molecule has 0 aliphatic rings. The number of rotatable bonds is 8. The summed E-state index contributed by atoms with van der Waals surface area (Å²) in [7, 11) is 4.05. The second kappa shape index (κ2) is 9.38. The molecule has 0 spiro atoms. The molecule has 0 aromatic heterocycles. The molecule has 0 saturated carbocycles. The Labute approximate surface area is 171 Å². The zero-order chi connectivity index (χ0) is 20.9. The molecule has 0 saturated heterocycles. The molecule has 2 aromatic rings. The molecule has 2 rings (SSSR count). The first-order chi connectivity index (χ1) is 13.1. The monoisotopic (exact) mass is 380 g/mol. The molecule has 28 heavy (non-hydrogen) atoms. The van der Waals surface area contributed by atoms with Crippen molar-refractivity contribution in [3.8, 4) is 0 Å². The van der Waals surface area contributed by atoms with Crippen LogP contribution in [0.5, 0.6) is 0 Å². The molecular formula is C25H36N2O. The second-order valence-corrected chi connectivity index (χ2v) is 8.97. The van der Waals surface area contributed by atoms with Crippen molar-refractivity contribution in [1.82, 2.24) is 10.2 Å². The number of carbonyl (C=O) groups excluding carboxylic acids is 1. The van der Waals surface area contributed by atoms with Gasteiger partial charge in [0, 0.05) is 13.1 Å². The number of benzene rings is 2. The van der Waals surface area contributed by atoms with Crippen LogP contribution in [0, 0.1) is 33.1 Å². The summed E-state index contributed by atoms with van der Waals surface area (Å²) in [5.74, 6) is 0.132.